The van der Waals surface area contributed by atoms with E-state index in [1.54, 1.807) is 0 Å². The number of hydrogen-bond acceptors (Lipinski definition) is 3. The van der Waals surface area contributed by atoms with Gasteiger partial charge in [0.1, 0.15) is 6.61 Å². The fourth-order valence-corrected chi connectivity index (χ4v) is 1.58. The van der Waals surface area contributed by atoms with Gasteiger partial charge in [-0.05, 0) is 24.1 Å². The zero-order valence-corrected chi connectivity index (χ0v) is 11.9. The van der Waals surface area contributed by atoms with E-state index < -0.39 is 5.43 Å². The van der Waals surface area contributed by atoms with Gasteiger partial charge in [0.2, 0.25) is 0 Å². The first-order chi connectivity index (χ1) is 9.72. The maximum atomic E-state index is 10.2. The SMILES string of the molecule is NCCc1ccccc1.O=C(Cl)OCc1ccccc1. The molecule has 0 aliphatic heterocycles. The number of ether oxygens (including phenoxy) is 1. The number of rotatable bonds is 4. The van der Waals surface area contributed by atoms with E-state index in [2.05, 4.69) is 16.9 Å². The summed E-state index contributed by atoms with van der Waals surface area (Å²) in [5.41, 5.74) is 6.84. The van der Waals surface area contributed by atoms with Crippen molar-refractivity contribution < 1.29 is 9.53 Å². The van der Waals surface area contributed by atoms with E-state index >= 15 is 0 Å². The minimum Gasteiger partial charge on any atom is -0.449 e. The molecule has 0 aromatic heterocycles. The van der Waals surface area contributed by atoms with Crippen molar-refractivity contribution in [2.75, 3.05) is 6.54 Å². The molecule has 0 unspecified atom stereocenters. The maximum absolute atomic E-state index is 10.2. The third kappa shape index (κ3) is 7.56. The van der Waals surface area contributed by atoms with Gasteiger partial charge in [0.25, 0.3) is 0 Å². The molecule has 0 aliphatic rings. The average Bonchev–Trinajstić information content (AvgIpc) is 2.48. The van der Waals surface area contributed by atoms with Crippen LogP contribution in [-0.2, 0) is 17.8 Å². The van der Waals surface area contributed by atoms with E-state index in [-0.39, 0.29) is 6.61 Å². The van der Waals surface area contributed by atoms with Crippen LogP contribution in [0.4, 0.5) is 4.79 Å². The van der Waals surface area contributed by atoms with Gasteiger partial charge in [-0.1, -0.05) is 60.7 Å². The standard InChI is InChI=1S/C8H7ClO2.C8H11N/c9-8(10)11-6-7-4-2-1-3-5-7;9-7-6-8-4-2-1-3-5-8/h1-5H,6H2;1-5H,6-7,9H2. The Balaban J connectivity index is 0.000000204. The van der Waals surface area contributed by atoms with E-state index in [0.29, 0.717) is 0 Å². The van der Waals surface area contributed by atoms with Gasteiger partial charge in [0.05, 0.1) is 0 Å². The minimum absolute atomic E-state index is 0.239. The summed E-state index contributed by atoms with van der Waals surface area (Å²) in [7, 11) is 0. The van der Waals surface area contributed by atoms with E-state index in [1.165, 1.54) is 5.56 Å². The average molecular weight is 292 g/mol. The van der Waals surface area contributed by atoms with Crippen molar-refractivity contribution in [3.63, 3.8) is 0 Å². The smallest absolute Gasteiger partial charge is 0.404 e. The number of hydrogen-bond donors (Lipinski definition) is 1. The second-order valence-electron chi connectivity index (χ2n) is 4.04. The molecule has 0 radical (unpaired) electrons. The molecular formula is C16H18ClNO2. The Hall–Kier alpha value is -1.84. The molecule has 0 fully saturated rings. The van der Waals surface area contributed by atoms with Crippen molar-refractivity contribution in [1.82, 2.24) is 0 Å². The Morgan fingerprint density at radius 2 is 1.45 bits per heavy atom. The van der Waals surface area contributed by atoms with Gasteiger partial charge in [-0.15, -0.1) is 0 Å². The van der Waals surface area contributed by atoms with E-state index in [0.717, 1.165) is 18.5 Å². The highest BCUT2D eigenvalue weighted by Crippen LogP contribution is 2.01. The maximum Gasteiger partial charge on any atom is 0.404 e. The van der Waals surface area contributed by atoms with Gasteiger partial charge < -0.3 is 10.5 Å². The van der Waals surface area contributed by atoms with Gasteiger partial charge in [-0.25, -0.2) is 4.79 Å². The molecule has 4 heteroatoms. The second kappa shape index (κ2) is 10.0. The van der Waals surface area contributed by atoms with Crippen LogP contribution in [0.15, 0.2) is 60.7 Å². The largest absolute Gasteiger partial charge is 0.449 e. The molecule has 0 saturated carbocycles. The molecule has 2 rings (SSSR count). The summed E-state index contributed by atoms with van der Waals surface area (Å²) in [4.78, 5) is 10.2. The van der Waals surface area contributed by atoms with Gasteiger partial charge in [0.15, 0.2) is 0 Å². The van der Waals surface area contributed by atoms with Crippen molar-refractivity contribution in [3.05, 3.63) is 71.8 Å². The van der Waals surface area contributed by atoms with Crippen LogP contribution in [0.2, 0.25) is 0 Å². The van der Waals surface area contributed by atoms with Crippen LogP contribution in [-0.4, -0.2) is 12.0 Å². The summed E-state index contributed by atoms with van der Waals surface area (Å²) < 4.78 is 4.55. The predicted molar refractivity (Wildman–Crippen MR) is 81.7 cm³/mol. The number of carbonyl (C=O) groups excluding carboxylic acids is 1. The summed E-state index contributed by atoms with van der Waals surface area (Å²) in [6.45, 7) is 0.979. The molecular weight excluding hydrogens is 274 g/mol. The first-order valence-electron chi connectivity index (χ1n) is 6.32. The number of nitrogens with two attached hydrogens (primary N) is 1. The lowest BCUT2D eigenvalue weighted by Gasteiger charge is -1.98. The predicted octanol–water partition coefficient (Wildman–Crippen LogP) is 3.75. The molecule has 0 saturated heterocycles. The van der Waals surface area contributed by atoms with Crippen molar-refractivity contribution >= 4 is 17.0 Å². The highest BCUT2D eigenvalue weighted by Gasteiger charge is 1.95. The Kier molecular flexibility index (Phi) is 8.11. The van der Waals surface area contributed by atoms with Crippen LogP contribution in [0.25, 0.3) is 0 Å². The zero-order chi connectivity index (χ0) is 14.6. The second-order valence-corrected chi connectivity index (χ2v) is 4.34. The summed E-state index contributed by atoms with van der Waals surface area (Å²) in [5.74, 6) is 0. The van der Waals surface area contributed by atoms with Crippen molar-refractivity contribution in [1.29, 1.82) is 0 Å². The van der Waals surface area contributed by atoms with Crippen LogP contribution in [0.1, 0.15) is 11.1 Å². The third-order valence-corrected chi connectivity index (χ3v) is 2.58. The Morgan fingerprint density at radius 3 is 1.90 bits per heavy atom. The fourth-order valence-electron chi connectivity index (χ4n) is 1.53. The summed E-state index contributed by atoms with van der Waals surface area (Å²) >= 11 is 4.97. The van der Waals surface area contributed by atoms with Gasteiger partial charge in [0, 0.05) is 11.6 Å². The van der Waals surface area contributed by atoms with Crippen LogP contribution < -0.4 is 5.73 Å². The molecule has 2 N–H and O–H groups in total. The molecule has 20 heavy (non-hydrogen) atoms. The quantitative estimate of drug-likeness (QED) is 0.873. The lowest BCUT2D eigenvalue weighted by molar-refractivity contribution is 0.167. The van der Waals surface area contributed by atoms with Gasteiger partial charge in [-0.3, -0.25) is 0 Å². The molecule has 0 aliphatic carbocycles. The Morgan fingerprint density at radius 1 is 0.950 bits per heavy atom. The lowest BCUT2D eigenvalue weighted by Crippen LogP contribution is -2.01. The van der Waals surface area contributed by atoms with Gasteiger partial charge in [-0.2, -0.15) is 0 Å². The fraction of sp³-hybridized carbons (Fsp3) is 0.188. The van der Waals surface area contributed by atoms with E-state index in [4.69, 9.17) is 17.3 Å². The third-order valence-electron chi connectivity index (χ3n) is 2.47. The lowest BCUT2D eigenvalue weighted by atomic mass is 10.2. The highest BCUT2D eigenvalue weighted by molar-refractivity contribution is 6.61. The first kappa shape index (κ1) is 16.2. The molecule has 0 spiro atoms. The van der Waals surface area contributed by atoms with Crippen molar-refractivity contribution in [2.24, 2.45) is 5.73 Å². The number of carbonyl (C=O) groups is 1. The normalized spacial score (nSPS) is 9.30. The molecule has 0 amide bonds. The molecule has 2 aromatic carbocycles. The van der Waals surface area contributed by atoms with Crippen LogP contribution >= 0.6 is 11.6 Å². The topological polar surface area (TPSA) is 52.3 Å². The van der Waals surface area contributed by atoms with Crippen LogP contribution in [0.3, 0.4) is 0 Å². The first-order valence-corrected chi connectivity index (χ1v) is 6.70. The van der Waals surface area contributed by atoms with E-state index in [9.17, 15) is 4.79 Å². The van der Waals surface area contributed by atoms with Crippen LogP contribution in [0.5, 0.6) is 0 Å². The zero-order valence-electron chi connectivity index (χ0n) is 11.2. The summed E-state index contributed by atoms with van der Waals surface area (Å²) in [6, 6.07) is 19.6. The molecule has 0 bridgehead atoms. The van der Waals surface area contributed by atoms with Gasteiger partial charge >= 0.3 is 5.43 Å². The minimum atomic E-state index is -0.770. The summed E-state index contributed by atoms with van der Waals surface area (Å²) in [6.07, 6.45) is 0.987. The Labute approximate surface area is 124 Å². The molecule has 0 heterocycles. The van der Waals surface area contributed by atoms with Crippen LogP contribution in [0, 0.1) is 0 Å². The molecule has 2 aromatic rings. The number of benzene rings is 2. The van der Waals surface area contributed by atoms with E-state index in [1.807, 2.05) is 48.5 Å². The van der Waals surface area contributed by atoms with Crippen molar-refractivity contribution in [3.8, 4) is 0 Å². The molecule has 106 valence electrons. The molecule has 3 nitrogen and oxygen atoms in total. The monoisotopic (exact) mass is 291 g/mol. The highest BCUT2D eigenvalue weighted by atomic mass is 35.5. The van der Waals surface area contributed by atoms with Crippen molar-refractivity contribution in [2.45, 2.75) is 13.0 Å². The summed E-state index contributed by atoms with van der Waals surface area (Å²) in [5, 5.41) is 0. The molecule has 0 atom stereocenters. The number of halogens is 1. The Bertz CT molecular complexity index is 488.